The average molecular weight is 233 g/mol. The lowest BCUT2D eigenvalue weighted by Gasteiger charge is -2.10. The Morgan fingerprint density at radius 1 is 1.88 bits per heavy atom. The van der Waals surface area contributed by atoms with Crippen LogP contribution in [-0.2, 0) is 9.84 Å². The monoisotopic (exact) mass is 233 g/mol. The predicted octanol–water partition coefficient (Wildman–Crippen LogP) is 1.51. The first-order valence-electron chi connectivity index (χ1n) is 2.21. The molecule has 0 saturated heterocycles. The number of rotatable bonds is 3. The molecule has 0 fully saturated rings. The van der Waals surface area contributed by atoms with Crippen LogP contribution in [0, 0.1) is 0 Å². The average Bonchev–Trinajstić information content (AvgIpc) is 1.67. The van der Waals surface area contributed by atoms with E-state index in [2.05, 4.69) is 4.74 Å². The molecule has 8 heavy (non-hydrogen) atoms. The molecule has 0 N–H and O–H groups in total. The molecule has 0 heterocycles. The molecule has 2 nitrogen and oxygen atoms in total. The van der Waals surface area contributed by atoms with Crippen LogP contribution in [-0.4, -0.2) is 17.1 Å². The maximum absolute atomic E-state index is 12.0. The van der Waals surface area contributed by atoms with Crippen LogP contribution < -0.4 is 0 Å². The maximum Gasteiger partial charge on any atom is 0.356 e. The van der Waals surface area contributed by atoms with Gasteiger partial charge in [0, 0.05) is 0 Å². The van der Waals surface area contributed by atoms with Gasteiger partial charge in [0.25, 0.3) is 0 Å². The molecule has 0 rings (SSSR count). The van der Waals surface area contributed by atoms with Crippen LogP contribution >= 0.6 is 22.6 Å². The molecule has 0 amide bonds. The Bertz CT molecular complexity index is 67.1. The molecule has 0 spiro atoms. The van der Waals surface area contributed by atoms with Crippen LogP contribution in [0.2, 0.25) is 0 Å². The Hall–Kier alpha value is 0.580. The Labute approximate surface area is 61.2 Å². The molecule has 0 aromatic carbocycles. The van der Waals surface area contributed by atoms with Crippen LogP contribution in [0.15, 0.2) is 0 Å². The fraction of sp³-hybridized carbons (Fsp3) is 1.00. The summed E-state index contributed by atoms with van der Waals surface area (Å²) in [4.78, 5) is 0. The number of hydrogen-bond donors (Lipinski definition) is 0. The number of ether oxygens (including phenoxy) is 1. The molecule has 1 atom stereocenters. The van der Waals surface area contributed by atoms with E-state index in [1.54, 1.807) is 29.5 Å². The van der Waals surface area contributed by atoms with E-state index in [4.69, 9.17) is 0 Å². The van der Waals surface area contributed by atoms with Crippen molar-refractivity contribution in [3.05, 3.63) is 0 Å². The Morgan fingerprint density at radius 2 is 2.38 bits per heavy atom. The van der Waals surface area contributed by atoms with Crippen LogP contribution in [0.1, 0.15) is 6.92 Å². The standard InChI is InChI=1S/C4H7FIO2/c1-2-8-4(5,7)3-6/h2-3H2,1H3. The maximum atomic E-state index is 12.0. The van der Waals surface area contributed by atoms with Gasteiger partial charge in [-0.3, -0.25) is 0 Å². The minimum absolute atomic E-state index is 0.128. The molecule has 0 bridgehead atoms. The van der Waals surface area contributed by atoms with E-state index in [-0.39, 0.29) is 11.0 Å². The molecule has 0 aromatic rings. The van der Waals surface area contributed by atoms with Crippen molar-refractivity contribution in [2.75, 3.05) is 11.0 Å². The van der Waals surface area contributed by atoms with Gasteiger partial charge in [0.2, 0.25) is 0 Å². The van der Waals surface area contributed by atoms with Gasteiger partial charge in [0.15, 0.2) is 0 Å². The largest absolute Gasteiger partial charge is 0.356 e. The summed E-state index contributed by atoms with van der Waals surface area (Å²) < 4.78 is 16.0. The number of alkyl halides is 2. The van der Waals surface area contributed by atoms with E-state index in [9.17, 15) is 9.50 Å². The van der Waals surface area contributed by atoms with E-state index >= 15 is 0 Å². The zero-order valence-electron chi connectivity index (χ0n) is 4.49. The summed E-state index contributed by atoms with van der Waals surface area (Å²) in [6, 6.07) is -2.67. The third-order valence-electron chi connectivity index (χ3n) is 0.519. The Kier molecular flexibility index (Phi) is 3.84. The summed E-state index contributed by atoms with van der Waals surface area (Å²) >= 11 is 1.64. The molecule has 0 aliphatic heterocycles. The van der Waals surface area contributed by atoms with Gasteiger partial charge < -0.3 is 4.74 Å². The smallest absolute Gasteiger partial charge is 0.322 e. The van der Waals surface area contributed by atoms with Crippen LogP contribution in [0.25, 0.3) is 0 Å². The topological polar surface area (TPSA) is 29.1 Å². The highest BCUT2D eigenvalue weighted by Gasteiger charge is 2.26. The summed E-state index contributed by atoms with van der Waals surface area (Å²) in [5.41, 5.74) is 0. The number of hydrogen-bond acceptors (Lipinski definition) is 1. The van der Waals surface area contributed by atoms with Gasteiger partial charge >= 0.3 is 6.04 Å². The van der Waals surface area contributed by atoms with Crippen molar-refractivity contribution in [2.24, 2.45) is 0 Å². The third kappa shape index (κ3) is 3.57. The van der Waals surface area contributed by atoms with E-state index in [1.807, 2.05) is 0 Å². The second-order valence-corrected chi connectivity index (χ2v) is 1.99. The molecule has 0 saturated carbocycles. The summed E-state index contributed by atoms with van der Waals surface area (Å²) in [7, 11) is 0. The van der Waals surface area contributed by atoms with Gasteiger partial charge in [-0.15, -0.1) is 0 Å². The predicted molar refractivity (Wildman–Crippen MR) is 35.0 cm³/mol. The fourth-order valence-electron chi connectivity index (χ4n) is 0.254. The second kappa shape index (κ2) is 3.58. The Morgan fingerprint density at radius 3 is 2.50 bits per heavy atom. The first kappa shape index (κ1) is 8.58. The molecular formula is C4H7FIO2. The first-order valence-corrected chi connectivity index (χ1v) is 3.74. The summed E-state index contributed by atoms with van der Waals surface area (Å²) in [6.45, 7) is 1.71. The summed E-state index contributed by atoms with van der Waals surface area (Å²) in [6.07, 6.45) is 0. The SMILES string of the molecule is CCOC([O])(F)CI. The highest BCUT2D eigenvalue weighted by atomic mass is 127. The van der Waals surface area contributed by atoms with Crippen molar-refractivity contribution in [3.8, 4) is 0 Å². The van der Waals surface area contributed by atoms with Gasteiger partial charge in [-0.05, 0) is 6.92 Å². The second-order valence-electron chi connectivity index (χ2n) is 1.23. The fourth-order valence-corrected chi connectivity index (χ4v) is 0.474. The van der Waals surface area contributed by atoms with Crippen molar-refractivity contribution in [2.45, 2.75) is 13.0 Å². The van der Waals surface area contributed by atoms with Crippen LogP contribution in [0.3, 0.4) is 0 Å². The Balaban J connectivity index is 3.37. The minimum Gasteiger partial charge on any atom is -0.322 e. The molecule has 0 aromatic heterocycles. The summed E-state index contributed by atoms with van der Waals surface area (Å²) in [5, 5.41) is 10.2. The molecule has 0 aliphatic carbocycles. The highest BCUT2D eigenvalue weighted by molar-refractivity contribution is 14.1. The lowest BCUT2D eigenvalue weighted by Crippen LogP contribution is -2.26. The van der Waals surface area contributed by atoms with E-state index in [0.717, 1.165) is 0 Å². The van der Waals surface area contributed by atoms with Crippen molar-refractivity contribution in [1.29, 1.82) is 0 Å². The van der Waals surface area contributed by atoms with Gasteiger partial charge in [0.05, 0.1) is 11.0 Å². The van der Waals surface area contributed by atoms with Gasteiger partial charge in [-0.1, -0.05) is 22.6 Å². The van der Waals surface area contributed by atoms with Crippen molar-refractivity contribution in [1.82, 2.24) is 0 Å². The zero-order valence-corrected chi connectivity index (χ0v) is 6.64. The molecular weight excluding hydrogens is 226 g/mol. The summed E-state index contributed by atoms with van der Waals surface area (Å²) in [5.74, 6) is 0. The third-order valence-corrected chi connectivity index (χ3v) is 1.43. The van der Waals surface area contributed by atoms with Crippen LogP contribution in [0.4, 0.5) is 4.39 Å². The van der Waals surface area contributed by atoms with Crippen LogP contribution in [0.5, 0.6) is 0 Å². The van der Waals surface area contributed by atoms with Crippen molar-refractivity contribution >= 4 is 22.6 Å². The minimum atomic E-state index is -2.67. The quantitative estimate of drug-likeness (QED) is 0.412. The first-order chi connectivity index (χ1) is 3.62. The van der Waals surface area contributed by atoms with E-state index in [1.165, 1.54) is 0 Å². The molecule has 4 heteroatoms. The van der Waals surface area contributed by atoms with E-state index in [0.29, 0.717) is 0 Å². The van der Waals surface area contributed by atoms with Crippen molar-refractivity contribution < 1.29 is 14.2 Å². The lowest BCUT2D eigenvalue weighted by atomic mass is 10.7. The lowest BCUT2D eigenvalue weighted by molar-refractivity contribution is -0.302. The number of halogens is 2. The normalized spacial score (nSPS) is 18.0. The van der Waals surface area contributed by atoms with E-state index < -0.39 is 6.04 Å². The molecule has 1 radical (unpaired) electrons. The van der Waals surface area contributed by atoms with Gasteiger partial charge in [0.1, 0.15) is 0 Å². The molecule has 1 unspecified atom stereocenters. The van der Waals surface area contributed by atoms with Gasteiger partial charge in [-0.25, -0.2) is 0 Å². The molecule has 49 valence electrons. The van der Waals surface area contributed by atoms with Gasteiger partial charge in [-0.2, -0.15) is 9.50 Å². The van der Waals surface area contributed by atoms with Crippen molar-refractivity contribution in [3.63, 3.8) is 0 Å². The molecule has 0 aliphatic rings. The zero-order chi connectivity index (χ0) is 6.62. The highest BCUT2D eigenvalue weighted by Crippen LogP contribution is 2.12.